The van der Waals surface area contributed by atoms with Crippen molar-refractivity contribution in [2.24, 2.45) is 0 Å². The first kappa shape index (κ1) is 12.7. The molecule has 0 unspecified atom stereocenters. The number of nitrogens with one attached hydrogen (secondary N) is 1. The van der Waals surface area contributed by atoms with Gasteiger partial charge in [-0.25, -0.2) is 0 Å². The van der Waals surface area contributed by atoms with Crippen LogP contribution in [-0.2, 0) is 0 Å². The van der Waals surface area contributed by atoms with Crippen LogP contribution < -0.4 is 9.78 Å². The molecule has 4 heteroatoms. The van der Waals surface area contributed by atoms with Crippen LogP contribution in [0.4, 0.5) is 5.69 Å². The van der Waals surface area contributed by atoms with Crippen molar-refractivity contribution in [1.82, 2.24) is 0 Å². The molecule has 2 aromatic rings. The normalized spacial score (nSPS) is 10.1. The van der Waals surface area contributed by atoms with E-state index < -0.39 is 0 Å². The molecular weight excluding hydrogens is 293 g/mol. The van der Waals surface area contributed by atoms with Crippen molar-refractivity contribution >= 4 is 31.0 Å². The van der Waals surface area contributed by atoms with Gasteiger partial charge in [0.1, 0.15) is 0 Å². The summed E-state index contributed by atoms with van der Waals surface area (Å²) in [5.41, 5.74) is 1.39. The number of amides is 1. The number of aromatic hydroxyl groups is 1. The number of hydrogen-bond acceptors (Lipinski definition) is 2. The van der Waals surface area contributed by atoms with Crippen LogP contribution in [0, 0.1) is 0 Å². The van der Waals surface area contributed by atoms with E-state index in [1.165, 1.54) is 6.07 Å². The average molecular weight is 306 g/mol. The Labute approximate surface area is 112 Å². The molecule has 0 saturated carbocycles. The fourth-order valence-corrected chi connectivity index (χ4v) is 2.89. The van der Waals surface area contributed by atoms with Gasteiger partial charge in [0.15, 0.2) is 0 Å². The minimum absolute atomic E-state index is 0.139. The Morgan fingerprint density at radius 2 is 1.89 bits per heavy atom. The van der Waals surface area contributed by atoms with E-state index in [1.54, 1.807) is 12.1 Å². The van der Waals surface area contributed by atoms with E-state index in [9.17, 15) is 9.90 Å². The second-order valence-electron chi connectivity index (χ2n) is 3.70. The van der Waals surface area contributed by atoms with Crippen molar-refractivity contribution < 1.29 is 9.90 Å². The number of hydrogen-bond donors (Lipinski definition) is 2. The predicted octanol–water partition coefficient (Wildman–Crippen LogP) is 2.02. The van der Waals surface area contributed by atoms with E-state index in [0.717, 1.165) is 10.1 Å². The first-order chi connectivity index (χ1) is 8.70. The molecule has 0 aliphatic carbocycles. The molecule has 0 atom stereocenters. The molecule has 0 fully saturated rings. The fourth-order valence-electron chi connectivity index (χ4n) is 1.59. The molecule has 92 valence electrons. The quantitative estimate of drug-likeness (QED) is 0.853. The topological polar surface area (TPSA) is 49.3 Å². The number of benzene rings is 2. The third kappa shape index (κ3) is 2.91. The van der Waals surface area contributed by atoms with Gasteiger partial charge in [0, 0.05) is 0 Å². The zero-order valence-electron chi connectivity index (χ0n) is 9.88. The Bertz CT molecular complexity index is 555. The van der Waals surface area contributed by atoms with Gasteiger partial charge in [-0.2, -0.15) is 0 Å². The Hall–Kier alpha value is -1.77. The van der Waals surface area contributed by atoms with Crippen LogP contribution in [0.1, 0.15) is 10.4 Å². The molecule has 2 N–H and O–H groups in total. The zero-order chi connectivity index (χ0) is 13.0. The van der Waals surface area contributed by atoms with Crippen molar-refractivity contribution in [1.29, 1.82) is 0 Å². The summed E-state index contributed by atoms with van der Waals surface area (Å²) < 4.78 is 0.899. The Morgan fingerprint density at radius 1 is 1.17 bits per heavy atom. The minimum atomic E-state index is -0.139. The van der Waals surface area contributed by atoms with Gasteiger partial charge in [0.25, 0.3) is 0 Å². The maximum absolute atomic E-state index is 12.1. The zero-order valence-corrected chi connectivity index (χ0v) is 11.6. The molecule has 0 spiro atoms. The van der Waals surface area contributed by atoms with Crippen LogP contribution >= 0.6 is 0 Å². The molecular formula is C14H13NO2Se. The number of anilines is 1. The van der Waals surface area contributed by atoms with Gasteiger partial charge in [-0.15, -0.1) is 0 Å². The second-order valence-corrected chi connectivity index (χ2v) is 5.48. The summed E-state index contributed by atoms with van der Waals surface area (Å²) in [6, 6.07) is 14.2. The molecule has 0 bridgehead atoms. The number of phenols is 1. The molecule has 0 aromatic heterocycles. The monoisotopic (exact) mass is 307 g/mol. The van der Waals surface area contributed by atoms with Gasteiger partial charge >= 0.3 is 112 Å². The van der Waals surface area contributed by atoms with Crippen molar-refractivity contribution in [3.8, 4) is 5.75 Å². The van der Waals surface area contributed by atoms with E-state index >= 15 is 0 Å². The van der Waals surface area contributed by atoms with Crippen molar-refractivity contribution in [2.75, 3.05) is 5.32 Å². The van der Waals surface area contributed by atoms with Gasteiger partial charge in [0.2, 0.25) is 0 Å². The van der Waals surface area contributed by atoms with Crippen molar-refractivity contribution in [2.45, 2.75) is 5.82 Å². The summed E-state index contributed by atoms with van der Waals surface area (Å²) in [4.78, 5) is 12.1. The summed E-state index contributed by atoms with van der Waals surface area (Å²) in [5.74, 6) is 2.08. The number of phenolic OH excluding ortho intramolecular Hbond substituents is 1. The molecule has 2 aromatic carbocycles. The number of carbonyl (C=O) groups excluding carboxylic acids is 1. The molecule has 18 heavy (non-hydrogen) atoms. The number of rotatable bonds is 3. The Balaban J connectivity index is 2.24. The van der Waals surface area contributed by atoms with Gasteiger partial charge in [-0.3, -0.25) is 0 Å². The molecule has 0 aliphatic rings. The van der Waals surface area contributed by atoms with E-state index in [2.05, 4.69) is 5.32 Å². The first-order valence-corrected chi connectivity index (χ1v) is 8.01. The summed E-state index contributed by atoms with van der Waals surface area (Å²) >= 11 is 0.155. The Kier molecular flexibility index (Phi) is 4.03. The predicted molar refractivity (Wildman–Crippen MR) is 73.8 cm³/mol. The van der Waals surface area contributed by atoms with E-state index in [4.69, 9.17) is 0 Å². The number of para-hydroxylation sites is 1. The summed E-state index contributed by atoms with van der Waals surface area (Å²) in [6.45, 7) is 0. The van der Waals surface area contributed by atoms with Gasteiger partial charge < -0.3 is 0 Å². The summed E-state index contributed by atoms with van der Waals surface area (Å²) in [5, 5.41) is 12.3. The van der Waals surface area contributed by atoms with E-state index in [1.807, 2.05) is 36.2 Å². The SMILES string of the molecule is C[Se]c1cc(O)ccc1C(=O)Nc1ccccc1. The van der Waals surface area contributed by atoms with E-state index in [-0.39, 0.29) is 26.6 Å². The first-order valence-electron chi connectivity index (χ1n) is 5.44. The third-order valence-electron chi connectivity index (χ3n) is 2.46. The second kappa shape index (κ2) is 5.71. The number of carbonyl (C=O) groups is 1. The maximum atomic E-state index is 12.1. The summed E-state index contributed by atoms with van der Waals surface area (Å²) in [7, 11) is 0. The van der Waals surface area contributed by atoms with E-state index in [0.29, 0.717) is 5.56 Å². The van der Waals surface area contributed by atoms with Crippen LogP contribution in [0.3, 0.4) is 0 Å². The molecule has 0 heterocycles. The average Bonchev–Trinajstić information content (AvgIpc) is 2.39. The molecule has 1 amide bonds. The van der Waals surface area contributed by atoms with Crippen LogP contribution in [0.15, 0.2) is 48.5 Å². The van der Waals surface area contributed by atoms with Gasteiger partial charge in [-0.1, -0.05) is 0 Å². The third-order valence-corrected chi connectivity index (χ3v) is 4.09. The standard InChI is InChI=1S/C14H13NO2Se/c1-18-13-9-11(16)7-8-12(13)14(17)15-10-5-3-2-4-6-10/h2-9,16H,1H3,(H,15,17). The van der Waals surface area contributed by atoms with Crippen LogP contribution in [0.25, 0.3) is 0 Å². The van der Waals surface area contributed by atoms with Gasteiger partial charge in [-0.05, 0) is 0 Å². The van der Waals surface area contributed by atoms with Crippen LogP contribution in [-0.4, -0.2) is 26.0 Å². The molecule has 0 aliphatic heterocycles. The fraction of sp³-hybridized carbons (Fsp3) is 0.0714. The molecule has 3 nitrogen and oxygen atoms in total. The van der Waals surface area contributed by atoms with Crippen LogP contribution in [0.2, 0.25) is 5.82 Å². The molecule has 2 rings (SSSR count). The van der Waals surface area contributed by atoms with Crippen LogP contribution in [0.5, 0.6) is 5.75 Å². The van der Waals surface area contributed by atoms with Crippen molar-refractivity contribution in [3.05, 3.63) is 54.1 Å². The molecule has 0 radical (unpaired) electrons. The Morgan fingerprint density at radius 3 is 2.56 bits per heavy atom. The summed E-state index contributed by atoms with van der Waals surface area (Å²) in [6.07, 6.45) is 0. The van der Waals surface area contributed by atoms with Gasteiger partial charge in [0.05, 0.1) is 0 Å². The molecule has 0 saturated heterocycles. The van der Waals surface area contributed by atoms with Crippen molar-refractivity contribution in [3.63, 3.8) is 0 Å².